The standard InChI is InChI=1S/C11H16N2/c1-9-7-12-10-5-3-4-6-11(10)13(2)8-9/h3-6,9,12H,7-8H2,1-2H3. The maximum absolute atomic E-state index is 3.46. The molecule has 2 nitrogen and oxygen atoms in total. The molecule has 13 heavy (non-hydrogen) atoms. The fourth-order valence-electron chi connectivity index (χ4n) is 1.87. The van der Waals surface area contributed by atoms with Gasteiger partial charge in [-0.2, -0.15) is 0 Å². The normalized spacial score (nSPS) is 21.7. The number of nitrogens with zero attached hydrogens (tertiary/aromatic N) is 1. The fraction of sp³-hybridized carbons (Fsp3) is 0.455. The number of hydrogen-bond donors (Lipinski definition) is 1. The molecule has 2 rings (SSSR count). The van der Waals surface area contributed by atoms with Crippen molar-refractivity contribution in [3.63, 3.8) is 0 Å². The Bertz CT molecular complexity index is 296. The number of para-hydroxylation sites is 2. The van der Waals surface area contributed by atoms with Gasteiger partial charge in [-0.25, -0.2) is 0 Å². The summed E-state index contributed by atoms with van der Waals surface area (Å²) in [6.07, 6.45) is 0. The topological polar surface area (TPSA) is 15.3 Å². The minimum atomic E-state index is 0.706. The Hall–Kier alpha value is -1.18. The molecule has 0 fully saturated rings. The van der Waals surface area contributed by atoms with Crippen LogP contribution in [-0.2, 0) is 0 Å². The van der Waals surface area contributed by atoms with Gasteiger partial charge in [-0.1, -0.05) is 19.1 Å². The van der Waals surface area contributed by atoms with Crippen molar-refractivity contribution in [2.24, 2.45) is 5.92 Å². The maximum Gasteiger partial charge on any atom is 0.0599 e. The van der Waals surface area contributed by atoms with Gasteiger partial charge in [0.1, 0.15) is 0 Å². The maximum atomic E-state index is 3.46. The molecule has 0 bridgehead atoms. The van der Waals surface area contributed by atoms with Crippen LogP contribution < -0.4 is 10.2 Å². The van der Waals surface area contributed by atoms with Gasteiger partial charge in [0.25, 0.3) is 0 Å². The first-order chi connectivity index (χ1) is 6.27. The first-order valence-corrected chi connectivity index (χ1v) is 4.81. The van der Waals surface area contributed by atoms with E-state index < -0.39 is 0 Å². The van der Waals surface area contributed by atoms with Gasteiger partial charge in [-0.05, 0) is 18.1 Å². The second kappa shape index (κ2) is 3.29. The van der Waals surface area contributed by atoms with E-state index in [1.54, 1.807) is 0 Å². The number of anilines is 2. The molecule has 1 aliphatic rings. The van der Waals surface area contributed by atoms with Crippen LogP contribution in [0.5, 0.6) is 0 Å². The quantitative estimate of drug-likeness (QED) is 0.652. The summed E-state index contributed by atoms with van der Waals surface area (Å²) in [4.78, 5) is 2.32. The zero-order valence-corrected chi connectivity index (χ0v) is 8.25. The summed E-state index contributed by atoms with van der Waals surface area (Å²) in [6, 6.07) is 8.48. The minimum Gasteiger partial charge on any atom is -0.383 e. The third-order valence-corrected chi connectivity index (χ3v) is 2.54. The predicted octanol–water partition coefficient (Wildman–Crippen LogP) is 2.18. The molecular formula is C11H16N2. The summed E-state index contributed by atoms with van der Waals surface area (Å²) < 4.78 is 0. The Kier molecular flexibility index (Phi) is 2.13. The largest absolute Gasteiger partial charge is 0.383 e. The molecule has 0 radical (unpaired) electrons. The van der Waals surface area contributed by atoms with Crippen LogP contribution in [-0.4, -0.2) is 20.1 Å². The lowest BCUT2D eigenvalue weighted by molar-refractivity contribution is 0.618. The van der Waals surface area contributed by atoms with E-state index in [0.717, 1.165) is 13.1 Å². The highest BCUT2D eigenvalue weighted by Gasteiger charge is 2.14. The van der Waals surface area contributed by atoms with Gasteiger partial charge in [0.05, 0.1) is 11.4 Å². The van der Waals surface area contributed by atoms with E-state index in [0.29, 0.717) is 5.92 Å². The lowest BCUT2D eigenvalue weighted by Crippen LogP contribution is -2.23. The molecule has 1 aromatic rings. The van der Waals surface area contributed by atoms with Crippen molar-refractivity contribution in [2.45, 2.75) is 6.92 Å². The molecule has 0 saturated carbocycles. The predicted molar refractivity (Wildman–Crippen MR) is 57.4 cm³/mol. The van der Waals surface area contributed by atoms with Gasteiger partial charge >= 0.3 is 0 Å². The Morgan fingerprint density at radius 3 is 3.00 bits per heavy atom. The molecule has 2 heteroatoms. The average Bonchev–Trinajstić information content (AvgIpc) is 2.27. The molecule has 0 spiro atoms. The van der Waals surface area contributed by atoms with Crippen molar-refractivity contribution < 1.29 is 0 Å². The fourth-order valence-corrected chi connectivity index (χ4v) is 1.87. The van der Waals surface area contributed by atoms with Crippen molar-refractivity contribution in [1.82, 2.24) is 0 Å². The van der Waals surface area contributed by atoms with Gasteiger partial charge in [0.15, 0.2) is 0 Å². The number of hydrogen-bond acceptors (Lipinski definition) is 2. The highest BCUT2D eigenvalue weighted by molar-refractivity contribution is 5.70. The van der Waals surface area contributed by atoms with Crippen LogP contribution >= 0.6 is 0 Å². The van der Waals surface area contributed by atoms with Gasteiger partial charge < -0.3 is 10.2 Å². The molecule has 0 amide bonds. The summed E-state index contributed by atoms with van der Waals surface area (Å²) in [5.74, 6) is 0.706. The summed E-state index contributed by atoms with van der Waals surface area (Å²) in [6.45, 7) is 4.47. The van der Waals surface area contributed by atoms with E-state index in [1.807, 2.05) is 0 Å². The Balaban J connectivity index is 2.35. The van der Waals surface area contributed by atoms with Crippen LogP contribution in [0.15, 0.2) is 24.3 Å². The van der Waals surface area contributed by atoms with Crippen LogP contribution in [0.1, 0.15) is 6.92 Å². The summed E-state index contributed by atoms with van der Waals surface area (Å²) in [5.41, 5.74) is 2.57. The molecule has 70 valence electrons. The molecule has 1 heterocycles. The second-order valence-electron chi connectivity index (χ2n) is 3.88. The SMILES string of the molecule is CC1CNc2ccccc2N(C)C1. The first-order valence-electron chi connectivity index (χ1n) is 4.81. The zero-order chi connectivity index (χ0) is 9.26. The second-order valence-corrected chi connectivity index (χ2v) is 3.88. The summed E-state index contributed by atoms with van der Waals surface area (Å²) in [5, 5.41) is 3.46. The average molecular weight is 176 g/mol. The zero-order valence-electron chi connectivity index (χ0n) is 8.25. The van der Waals surface area contributed by atoms with Gasteiger partial charge in [-0.15, -0.1) is 0 Å². The van der Waals surface area contributed by atoms with E-state index in [2.05, 4.69) is 48.5 Å². The molecule has 0 saturated heterocycles. The van der Waals surface area contributed by atoms with E-state index in [1.165, 1.54) is 11.4 Å². The number of fused-ring (bicyclic) bond motifs is 1. The van der Waals surface area contributed by atoms with Crippen LogP contribution in [0.3, 0.4) is 0 Å². The molecule has 1 aromatic carbocycles. The molecule has 0 aliphatic carbocycles. The van der Waals surface area contributed by atoms with Crippen LogP contribution in [0.2, 0.25) is 0 Å². The lowest BCUT2D eigenvalue weighted by Gasteiger charge is -2.20. The number of rotatable bonds is 0. The van der Waals surface area contributed by atoms with Crippen molar-refractivity contribution in [1.29, 1.82) is 0 Å². The highest BCUT2D eigenvalue weighted by Crippen LogP contribution is 2.27. The smallest absolute Gasteiger partial charge is 0.0599 e. The third kappa shape index (κ3) is 1.62. The van der Waals surface area contributed by atoms with Crippen molar-refractivity contribution >= 4 is 11.4 Å². The molecule has 1 atom stereocenters. The first kappa shape index (κ1) is 8.42. The van der Waals surface area contributed by atoms with E-state index in [4.69, 9.17) is 0 Å². The monoisotopic (exact) mass is 176 g/mol. The summed E-state index contributed by atoms with van der Waals surface area (Å²) >= 11 is 0. The van der Waals surface area contributed by atoms with Crippen LogP contribution in [0.4, 0.5) is 11.4 Å². The van der Waals surface area contributed by atoms with Crippen LogP contribution in [0, 0.1) is 5.92 Å². The van der Waals surface area contributed by atoms with E-state index in [9.17, 15) is 0 Å². The summed E-state index contributed by atoms with van der Waals surface area (Å²) in [7, 11) is 2.16. The van der Waals surface area contributed by atoms with E-state index >= 15 is 0 Å². The minimum absolute atomic E-state index is 0.706. The Labute approximate surface area is 79.6 Å². The Morgan fingerprint density at radius 2 is 2.15 bits per heavy atom. The van der Waals surface area contributed by atoms with Crippen molar-refractivity contribution in [3.05, 3.63) is 24.3 Å². The molecule has 1 N–H and O–H groups in total. The number of nitrogens with one attached hydrogen (secondary N) is 1. The van der Waals surface area contributed by atoms with E-state index in [-0.39, 0.29) is 0 Å². The molecule has 1 unspecified atom stereocenters. The highest BCUT2D eigenvalue weighted by atomic mass is 15.1. The van der Waals surface area contributed by atoms with Gasteiger partial charge in [0, 0.05) is 20.1 Å². The van der Waals surface area contributed by atoms with Crippen molar-refractivity contribution in [2.75, 3.05) is 30.4 Å². The Morgan fingerprint density at radius 1 is 1.38 bits per heavy atom. The van der Waals surface area contributed by atoms with Gasteiger partial charge in [0.2, 0.25) is 0 Å². The molecule has 0 aromatic heterocycles. The van der Waals surface area contributed by atoms with Gasteiger partial charge in [-0.3, -0.25) is 0 Å². The number of benzene rings is 1. The molecular weight excluding hydrogens is 160 g/mol. The molecule has 1 aliphatic heterocycles. The van der Waals surface area contributed by atoms with Crippen molar-refractivity contribution in [3.8, 4) is 0 Å². The third-order valence-electron chi connectivity index (χ3n) is 2.54. The lowest BCUT2D eigenvalue weighted by atomic mass is 10.2. The van der Waals surface area contributed by atoms with Crippen LogP contribution in [0.25, 0.3) is 0 Å².